The van der Waals surface area contributed by atoms with Crippen LogP contribution in [0.1, 0.15) is 31.7 Å². The minimum absolute atomic E-state index is 0.638. The first kappa shape index (κ1) is 10.5. The number of hydrogen-bond donors (Lipinski definition) is 1. The molecule has 2 nitrogen and oxygen atoms in total. The standard InChI is InChI=1S/C13H20N2/c1-11-6-4-5-9-15(11)13-8-3-2-7-12(13)10-14/h2-3,7-8,11H,4-6,9-10,14H2,1H3. The van der Waals surface area contributed by atoms with Gasteiger partial charge in [0.05, 0.1) is 0 Å². The SMILES string of the molecule is CC1CCCCN1c1ccccc1CN. The number of nitrogens with two attached hydrogens (primary N) is 1. The third-order valence-electron chi connectivity index (χ3n) is 3.32. The van der Waals surface area contributed by atoms with Crippen LogP contribution < -0.4 is 10.6 Å². The molecule has 1 saturated heterocycles. The summed E-state index contributed by atoms with van der Waals surface area (Å²) in [4.78, 5) is 2.51. The van der Waals surface area contributed by atoms with Crippen LogP contribution in [0.3, 0.4) is 0 Å². The Bertz CT molecular complexity index is 322. The molecule has 2 N–H and O–H groups in total. The van der Waals surface area contributed by atoms with Crippen molar-refractivity contribution in [2.24, 2.45) is 5.73 Å². The van der Waals surface area contributed by atoms with Gasteiger partial charge in [0, 0.05) is 24.8 Å². The number of hydrogen-bond acceptors (Lipinski definition) is 2. The molecule has 1 heterocycles. The van der Waals surface area contributed by atoms with Crippen molar-refractivity contribution in [3.05, 3.63) is 29.8 Å². The summed E-state index contributed by atoms with van der Waals surface area (Å²) in [6, 6.07) is 9.17. The van der Waals surface area contributed by atoms with Gasteiger partial charge in [0.25, 0.3) is 0 Å². The predicted molar refractivity (Wildman–Crippen MR) is 65.0 cm³/mol. The van der Waals surface area contributed by atoms with Crippen LogP contribution in [0, 0.1) is 0 Å². The van der Waals surface area contributed by atoms with Crippen LogP contribution >= 0.6 is 0 Å². The molecule has 0 bridgehead atoms. The van der Waals surface area contributed by atoms with Crippen molar-refractivity contribution in [2.75, 3.05) is 11.4 Å². The third kappa shape index (κ3) is 2.15. The van der Waals surface area contributed by atoms with E-state index in [1.54, 1.807) is 0 Å². The summed E-state index contributed by atoms with van der Waals surface area (Å²) in [6.07, 6.45) is 3.98. The molecule has 0 aliphatic carbocycles. The first-order valence-corrected chi connectivity index (χ1v) is 5.87. The van der Waals surface area contributed by atoms with E-state index < -0.39 is 0 Å². The van der Waals surface area contributed by atoms with Gasteiger partial charge in [-0.3, -0.25) is 0 Å². The van der Waals surface area contributed by atoms with Crippen molar-refractivity contribution in [3.63, 3.8) is 0 Å². The second-order valence-corrected chi connectivity index (χ2v) is 4.37. The fraction of sp³-hybridized carbons (Fsp3) is 0.538. The van der Waals surface area contributed by atoms with E-state index in [4.69, 9.17) is 5.73 Å². The topological polar surface area (TPSA) is 29.3 Å². The Morgan fingerprint density at radius 1 is 1.33 bits per heavy atom. The van der Waals surface area contributed by atoms with E-state index in [9.17, 15) is 0 Å². The van der Waals surface area contributed by atoms with Gasteiger partial charge in [-0.05, 0) is 37.8 Å². The van der Waals surface area contributed by atoms with Crippen LogP contribution in [-0.2, 0) is 6.54 Å². The van der Waals surface area contributed by atoms with E-state index in [1.165, 1.54) is 37.1 Å². The zero-order valence-electron chi connectivity index (χ0n) is 9.45. The number of benzene rings is 1. The molecule has 1 aliphatic rings. The summed E-state index contributed by atoms with van der Waals surface area (Å²) in [6.45, 7) is 4.13. The number of nitrogens with zero attached hydrogens (tertiary/aromatic N) is 1. The summed E-state index contributed by atoms with van der Waals surface area (Å²) >= 11 is 0. The van der Waals surface area contributed by atoms with Crippen molar-refractivity contribution >= 4 is 5.69 Å². The van der Waals surface area contributed by atoms with Crippen LogP contribution in [0.4, 0.5) is 5.69 Å². The van der Waals surface area contributed by atoms with E-state index in [0.717, 1.165) is 0 Å². The first-order chi connectivity index (χ1) is 7.33. The summed E-state index contributed by atoms with van der Waals surface area (Å²) in [5, 5.41) is 0. The molecule has 0 amide bonds. The lowest BCUT2D eigenvalue weighted by Crippen LogP contribution is -2.38. The van der Waals surface area contributed by atoms with Crippen LogP contribution in [-0.4, -0.2) is 12.6 Å². The van der Waals surface area contributed by atoms with Crippen LogP contribution in [0.5, 0.6) is 0 Å². The van der Waals surface area contributed by atoms with Crippen molar-refractivity contribution in [3.8, 4) is 0 Å². The maximum absolute atomic E-state index is 5.78. The van der Waals surface area contributed by atoms with Gasteiger partial charge < -0.3 is 10.6 Å². The minimum Gasteiger partial charge on any atom is -0.369 e. The monoisotopic (exact) mass is 204 g/mol. The fourth-order valence-corrected chi connectivity index (χ4v) is 2.42. The van der Waals surface area contributed by atoms with Gasteiger partial charge in [-0.2, -0.15) is 0 Å². The smallest absolute Gasteiger partial charge is 0.0414 e. The zero-order chi connectivity index (χ0) is 10.7. The Kier molecular flexibility index (Phi) is 3.27. The molecule has 1 aromatic rings. The molecule has 1 fully saturated rings. The average Bonchev–Trinajstić information content (AvgIpc) is 2.30. The molecule has 0 radical (unpaired) electrons. The molecule has 2 heteroatoms. The maximum atomic E-state index is 5.78. The number of para-hydroxylation sites is 1. The zero-order valence-corrected chi connectivity index (χ0v) is 9.45. The van der Waals surface area contributed by atoms with Gasteiger partial charge in [0.15, 0.2) is 0 Å². The lowest BCUT2D eigenvalue weighted by molar-refractivity contribution is 0.484. The molecule has 1 aromatic carbocycles. The summed E-state index contributed by atoms with van der Waals surface area (Å²) in [5.74, 6) is 0. The molecule has 1 atom stereocenters. The molecule has 15 heavy (non-hydrogen) atoms. The molecule has 0 saturated carbocycles. The van der Waals surface area contributed by atoms with Gasteiger partial charge in [-0.1, -0.05) is 18.2 Å². The van der Waals surface area contributed by atoms with Crippen molar-refractivity contribution < 1.29 is 0 Å². The molecule has 2 rings (SSSR count). The average molecular weight is 204 g/mol. The van der Waals surface area contributed by atoms with Gasteiger partial charge in [0.1, 0.15) is 0 Å². The molecule has 1 aliphatic heterocycles. The van der Waals surface area contributed by atoms with Gasteiger partial charge in [-0.25, -0.2) is 0 Å². The second kappa shape index (κ2) is 4.67. The first-order valence-electron chi connectivity index (χ1n) is 5.87. The highest BCUT2D eigenvalue weighted by Crippen LogP contribution is 2.27. The molecular formula is C13H20N2. The fourth-order valence-electron chi connectivity index (χ4n) is 2.42. The number of piperidine rings is 1. The van der Waals surface area contributed by atoms with E-state index in [1.807, 2.05) is 0 Å². The van der Waals surface area contributed by atoms with E-state index >= 15 is 0 Å². The molecule has 0 aromatic heterocycles. The number of anilines is 1. The molecule has 0 spiro atoms. The normalized spacial score (nSPS) is 21.7. The Morgan fingerprint density at radius 2 is 2.13 bits per heavy atom. The Hall–Kier alpha value is -1.02. The second-order valence-electron chi connectivity index (χ2n) is 4.37. The van der Waals surface area contributed by atoms with E-state index in [-0.39, 0.29) is 0 Å². The lowest BCUT2D eigenvalue weighted by atomic mass is 10.0. The third-order valence-corrected chi connectivity index (χ3v) is 3.32. The molecule has 1 unspecified atom stereocenters. The van der Waals surface area contributed by atoms with E-state index in [2.05, 4.69) is 36.1 Å². The highest BCUT2D eigenvalue weighted by Gasteiger charge is 2.19. The maximum Gasteiger partial charge on any atom is 0.0414 e. The van der Waals surface area contributed by atoms with Crippen LogP contribution in [0.2, 0.25) is 0 Å². The lowest BCUT2D eigenvalue weighted by Gasteiger charge is -2.36. The largest absolute Gasteiger partial charge is 0.369 e. The minimum atomic E-state index is 0.638. The molecule has 82 valence electrons. The highest BCUT2D eigenvalue weighted by atomic mass is 15.2. The molecular weight excluding hydrogens is 184 g/mol. The Labute approximate surface area is 92.1 Å². The summed E-state index contributed by atoms with van der Waals surface area (Å²) in [7, 11) is 0. The van der Waals surface area contributed by atoms with Crippen molar-refractivity contribution in [2.45, 2.75) is 38.8 Å². The van der Waals surface area contributed by atoms with Gasteiger partial charge in [-0.15, -0.1) is 0 Å². The Morgan fingerprint density at radius 3 is 2.87 bits per heavy atom. The predicted octanol–water partition coefficient (Wildman–Crippen LogP) is 2.52. The highest BCUT2D eigenvalue weighted by molar-refractivity contribution is 5.54. The van der Waals surface area contributed by atoms with E-state index in [0.29, 0.717) is 12.6 Å². The van der Waals surface area contributed by atoms with Crippen molar-refractivity contribution in [1.29, 1.82) is 0 Å². The summed E-state index contributed by atoms with van der Waals surface area (Å²) < 4.78 is 0. The number of rotatable bonds is 2. The summed E-state index contributed by atoms with van der Waals surface area (Å²) in [5.41, 5.74) is 8.39. The van der Waals surface area contributed by atoms with Gasteiger partial charge in [0.2, 0.25) is 0 Å². The van der Waals surface area contributed by atoms with Crippen LogP contribution in [0.15, 0.2) is 24.3 Å². The van der Waals surface area contributed by atoms with Crippen LogP contribution in [0.25, 0.3) is 0 Å². The quantitative estimate of drug-likeness (QED) is 0.802. The van der Waals surface area contributed by atoms with Gasteiger partial charge >= 0.3 is 0 Å². The van der Waals surface area contributed by atoms with Crippen molar-refractivity contribution in [1.82, 2.24) is 0 Å². The Balaban J connectivity index is 2.26.